The molecule has 10 rings (SSSR count). The van der Waals surface area contributed by atoms with E-state index in [0.717, 1.165) is 83.2 Å². The smallest absolute Gasteiger partial charge is 0.407 e. The summed E-state index contributed by atoms with van der Waals surface area (Å²) in [6.07, 6.45) is 12.6. The summed E-state index contributed by atoms with van der Waals surface area (Å²) >= 11 is 1.83. The highest BCUT2D eigenvalue weighted by atomic mass is 32.1. The van der Waals surface area contributed by atoms with Gasteiger partial charge < -0.3 is 44.4 Å². The van der Waals surface area contributed by atoms with Crippen LogP contribution in [0.15, 0.2) is 47.2 Å². The van der Waals surface area contributed by atoms with Crippen molar-refractivity contribution in [2.24, 2.45) is 17.3 Å². The van der Waals surface area contributed by atoms with Gasteiger partial charge in [0.25, 0.3) is 0 Å². The van der Waals surface area contributed by atoms with Crippen LogP contribution in [0.5, 0.6) is 0 Å². The van der Waals surface area contributed by atoms with E-state index >= 15 is 0 Å². The summed E-state index contributed by atoms with van der Waals surface area (Å²) in [6.45, 7) is 8.81. The minimum Gasteiger partial charge on any atom is -0.453 e. The Bertz CT molecular complexity index is 2870. The molecule has 2 aliphatic heterocycles. The summed E-state index contributed by atoms with van der Waals surface area (Å²) in [5.74, 6) is 0.896. The largest absolute Gasteiger partial charge is 0.453 e. The van der Waals surface area contributed by atoms with Crippen molar-refractivity contribution in [3.05, 3.63) is 65.5 Å². The molecule has 2 saturated heterocycles. The molecule has 2 aromatic carbocycles. The summed E-state index contributed by atoms with van der Waals surface area (Å²) in [7, 11) is 2.60. The van der Waals surface area contributed by atoms with Gasteiger partial charge in [-0.3, -0.25) is 9.59 Å². The highest BCUT2D eigenvalue weighted by Gasteiger charge is 2.44. The van der Waals surface area contributed by atoms with E-state index in [0.29, 0.717) is 24.5 Å². The number of aromatic nitrogens is 5. The summed E-state index contributed by atoms with van der Waals surface area (Å²) < 4.78 is 15.7. The predicted molar refractivity (Wildman–Crippen MR) is 254 cm³/mol. The van der Waals surface area contributed by atoms with Crippen LogP contribution >= 0.6 is 11.3 Å². The maximum absolute atomic E-state index is 13.9. The van der Waals surface area contributed by atoms with Crippen LogP contribution in [0.25, 0.3) is 54.1 Å². The lowest BCUT2D eigenvalue weighted by Crippen LogP contribution is -2.51. The van der Waals surface area contributed by atoms with E-state index in [1.54, 1.807) is 6.20 Å². The molecule has 16 nitrogen and oxygen atoms in total. The molecule has 1 spiro atoms. The maximum Gasteiger partial charge on any atom is 0.407 e. The molecule has 0 bridgehead atoms. The van der Waals surface area contributed by atoms with Gasteiger partial charge in [0, 0.05) is 34.0 Å². The number of imidazole rings is 2. The van der Waals surface area contributed by atoms with Crippen LogP contribution in [0.4, 0.5) is 9.59 Å². The van der Waals surface area contributed by atoms with Gasteiger partial charge in [0.05, 0.1) is 60.8 Å². The quantitative estimate of drug-likeness (QED) is 0.0971. The lowest BCUT2D eigenvalue weighted by molar-refractivity contribution is -0.136. The molecule has 6 heterocycles. The number of nitrogens with zero attached hydrogens (tertiary/aromatic N) is 5. The molecule has 2 aliphatic carbocycles. The second-order valence-electron chi connectivity index (χ2n) is 19.6. The monoisotopic (exact) mass is 929 g/mol. The summed E-state index contributed by atoms with van der Waals surface area (Å²) in [6, 6.07) is 8.83. The molecular weight excluding hydrogens is 871 g/mol. The number of methoxy groups -OCH3 is 2. The van der Waals surface area contributed by atoms with Crippen molar-refractivity contribution < 1.29 is 33.2 Å². The molecule has 3 fully saturated rings. The van der Waals surface area contributed by atoms with E-state index in [2.05, 4.69) is 56.1 Å². The molecule has 352 valence electrons. The van der Waals surface area contributed by atoms with Gasteiger partial charge in [-0.1, -0.05) is 57.8 Å². The lowest BCUT2D eigenvalue weighted by Gasteiger charge is -2.30. The van der Waals surface area contributed by atoms with Crippen molar-refractivity contribution in [2.75, 3.05) is 27.3 Å². The van der Waals surface area contributed by atoms with E-state index in [4.69, 9.17) is 24.0 Å². The van der Waals surface area contributed by atoms with Crippen LogP contribution in [0.2, 0.25) is 0 Å². The third-order valence-electron chi connectivity index (χ3n) is 14.8. The number of carbonyl (C=O) groups excluding carboxylic acids is 4. The molecule has 4 N–H and O–H groups in total. The maximum atomic E-state index is 13.9. The number of amides is 4. The highest BCUT2D eigenvalue weighted by Crippen LogP contribution is 2.57. The van der Waals surface area contributed by atoms with Gasteiger partial charge in [0.2, 0.25) is 11.8 Å². The van der Waals surface area contributed by atoms with Gasteiger partial charge in [0.15, 0.2) is 5.58 Å². The summed E-state index contributed by atoms with van der Waals surface area (Å²) in [5.41, 5.74) is 9.37. The average molecular weight is 930 g/mol. The average Bonchev–Trinajstić information content (AvgIpc) is 4.18. The number of carbonyl (C=O) groups is 4. The number of rotatable bonds is 11. The Hall–Kier alpha value is -6.23. The van der Waals surface area contributed by atoms with Crippen molar-refractivity contribution in [3.63, 3.8) is 0 Å². The van der Waals surface area contributed by atoms with E-state index < -0.39 is 24.3 Å². The molecule has 0 unspecified atom stereocenters. The second-order valence-corrected chi connectivity index (χ2v) is 20.7. The van der Waals surface area contributed by atoms with Crippen molar-refractivity contribution in [1.82, 2.24) is 45.5 Å². The third kappa shape index (κ3) is 8.01. The van der Waals surface area contributed by atoms with E-state index in [1.165, 1.54) is 60.8 Å². The van der Waals surface area contributed by atoms with Crippen LogP contribution in [0.1, 0.15) is 114 Å². The Morgan fingerprint density at radius 3 is 2.01 bits per heavy atom. The van der Waals surface area contributed by atoms with Crippen LogP contribution in [0, 0.1) is 17.3 Å². The number of thiophene rings is 1. The fourth-order valence-corrected chi connectivity index (χ4v) is 12.7. The third-order valence-corrected chi connectivity index (χ3v) is 16.1. The van der Waals surface area contributed by atoms with Crippen LogP contribution in [-0.4, -0.2) is 98.3 Å². The molecule has 67 heavy (non-hydrogen) atoms. The van der Waals surface area contributed by atoms with Crippen molar-refractivity contribution in [2.45, 2.75) is 116 Å². The molecule has 6 aromatic rings. The minimum atomic E-state index is -0.720. The van der Waals surface area contributed by atoms with E-state index in [9.17, 15) is 19.2 Å². The number of nitrogens with one attached hydrogen (secondary N) is 4. The number of aromatic amines is 2. The van der Waals surface area contributed by atoms with E-state index in [1.807, 2.05) is 55.0 Å². The fraction of sp³-hybridized carbons (Fsp3) is 0.500. The molecular formula is C50H59N9O7S. The first-order chi connectivity index (χ1) is 32.4. The summed E-state index contributed by atoms with van der Waals surface area (Å²) in [4.78, 5) is 75.2. The first-order valence-electron chi connectivity index (χ1n) is 23.7. The minimum absolute atomic E-state index is 0.119. The van der Waals surface area contributed by atoms with Gasteiger partial charge in [-0.15, -0.1) is 11.3 Å². The van der Waals surface area contributed by atoms with Crippen LogP contribution < -0.4 is 10.6 Å². The number of alkyl carbamates (subject to hydrolysis) is 2. The highest BCUT2D eigenvalue weighted by molar-refractivity contribution is 7.19. The standard InChI is InChI=1S/C50H59N9O7S/c1-26(2)39(56-48(62)64-5)46(60)58-19-9-11-37(58)44-51-25-36(55-44)30-15-14-29(33-24-52-66-41(30)33)43-32-23-50(17-7-8-18-50)22-31(32)42(67-43)28-13-16-34-35(21-28)54-45(53-34)38-12-10-20-59(38)47(61)40(27(3)4)57-49(63)65-6/h13-16,21,24-27,37-40H,7-12,17-20,22-23H2,1-6H3,(H,51,55)(H,53,54)(H,56,62)(H,57,63)/t37-,38-,39-,40-/m0/s1. The molecule has 1 saturated carbocycles. The van der Waals surface area contributed by atoms with Crippen LogP contribution in [-0.2, 0) is 31.9 Å². The zero-order valence-corrected chi connectivity index (χ0v) is 39.8. The van der Waals surface area contributed by atoms with Crippen molar-refractivity contribution in [1.29, 1.82) is 0 Å². The second kappa shape index (κ2) is 17.8. The van der Waals surface area contributed by atoms with Crippen molar-refractivity contribution >= 4 is 57.3 Å². The molecule has 4 aromatic heterocycles. The van der Waals surface area contributed by atoms with Gasteiger partial charge >= 0.3 is 12.2 Å². The predicted octanol–water partition coefficient (Wildman–Crippen LogP) is 9.24. The Morgan fingerprint density at radius 2 is 1.39 bits per heavy atom. The number of benzene rings is 2. The Kier molecular flexibility index (Phi) is 11.8. The molecule has 17 heteroatoms. The first-order valence-corrected chi connectivity index (χ1v) is 24.6. The van der Waals surface area contributed by atoms with E-state index in [-0.39, 0.29) is 41.1 Å². The molecule has 4 amide bonds. The Morgan fingerprint density at radius 1 is 0.776 bits per heavy atom. The van der Waals surface area contributed by atoms with Crippen LogP contribution in [0.3, 0.4) is 0 Å². The normalized spacial score (nSPS) is 19.8. The zero-order chi connectivity index (χ0) is 46.7. The number of ether oxygens (including phenoxy) is 2. The van der Waals surface area contributed by atoms with Gasteiger partial charge in [-0.25, -0.2) is 19.6 Å². The summed E-state index contributed by atoms with van der Waals surface area (Å²) in [5, 5.41) is 10.7. The fourth-order valence-electron chi connectivity index (χ4n) is 11.3. The molecule has 4 atom stereocenters. The Balaban J connectivity index is 0.959. The first kappa shape index (κ1) is 44.6. The molecule has 4 aliphatic rings. The SMILES string of the molecule is COC(=O)N[C@H](C(=O)N1CCC[C@H]1c1ncc(-c2ccc(-c3sc(-c4ccc5nc([C@@H]6CCCN6C(=O)[C@@H](NC(=O)OC)C(C)C)[nH]c5c4)c4c3CC3(CCCC3)C4)c3cnoc23)[nH]1)C(C)C. The molecule has 0 radical (unpaired) electrons. The lowest BCUT2D eigenvalue weighted by atomic mass is 9.83. The Labute approximate surface area is 392 Å². The van der Waals surface area contributed by atoms with Gasteiger partial charge in [-0.05, 0) is 104 Å². The number of likely N-dealkylation sites (tertiary alicyclic amines) is 2. The number of hydrogen-bond acceptors (Lipinski definition) is 11. The number of hydrogen-bond donors (Lipinski definition) is 4. The topological polar surface area (TPSA) is 201 Å². The van der Waals surface area contributed by atoms with Crippen molar-refractivity contribution in [3.8, 4) is 32.1 Å². The number of H-pyrrole nitrogens is 2. The van der Waals surface area contributed by atoms with Gasteiger partial charge in [0.1, 0.15) is 23.7 Å². The number of fused-ring (bicyclic) bond motifs is 3. The van der Waals surface area contributed by atoms with Gasteiger partial charge in [-0.2, -0.15) is 0 Å². The zero-order valence-electron chi connectivity index (χ0n) is 39.0.